The Morgan fingerprint density at radius 2 is 2.21 bits per heavy atom. The van der Waals surface area contributed by atoms with Gasteiger partial charge in [-0.15, -0.1) is 0 Å². The first kappa shape index (κ1) is 12.6. The van der Waals surface area contributed by atoms with Gasteiger partial charge in [0.1, 0.15) is 12.4 Å². The Bertz CT molecular complexity index is 284. The molecule has 0 radical (unpaired) electrons. The summed E-state index contributed by atoms with van der Waals surface area (Å²) >= 11 is 0. The fourth-order valence-corrected chi connectivity index (χ4v) is 0.975. The van der Waals surface area contributed by atoms with E-state index < -0.39 is 0 Å². The molecule has 1 aromatic heterocycles. The zero-order chi connectivity index (χ0) is 10.8. The van der Waals surface area contributed by atoms with Crippen LogP contribution in [0.15, 0.2) is 23.7 Å². The van der Waals surface area contributed by atoms with Crippen LogP contribution in [0.1, 0.15) is 19.8 Å². The molecule has 14 heavy (non-hydrogen) atoms. The van der Waals surface area contributed by atoms with Crippen molar-refractivity contribution in [3.8, 4) is 0 Å². The Morgan fingerprint density at radius 1 is 1.57 bits per heavy atom. The molecule has 4 nitrogen and oxygen atoms in total. The summed E-state index contributed by atoms with van der Waals surface area (Å²) < 4.78 is 4.28. The topological polar surface area (TPSA) is 43.5 Å². The van der Waals surface area contributed by atoms with E-state index in [0.29, 0.717) is 0 Å². The average molecular weight is 194 g/mol. The zero-order valence-corrected chi connectivity index (χ0v) is 9.14. The number of unbranched alkanes of at least 4 members (excludes halogenated alkanes) is 1. The van der Waals surface area contributed by atoms with Crippen molar-refractivity contribution in [2.75, 3.05) is 7.05 Å². The molecule has 0 amide bonds. The van der Waals surface area contributed by atoms with Gasteiger partial charge in [0.2, 0.25) is 6.33 Å². The van der Waals surface area contributed by atoms with Crippen LogP contribution in [0.5, 0.6) is 0 Å². The van der Waals surface area contributed by atoms with Gasteiger partial charge in [0.15, 0.2) is 0 Å². The van der Waals surface area contributed by atoms with Crippen LogP contribution in [-0.4, -0.2) is 17.6 Å². The molecule has 0 aromatic carbocycles. The lowest BCUT2D eigenvalue weighted by molar-refractivity contribution is -0.671. The van der Waals surface area contributed by atoms with Gasteiger partial charge in [-0.25, -0.2) is 9.13 Å². The van der Waals surface area contributed by atoms with Gasteiger partial charge in [-0.1, -0.05) is 20.4 Å². The minimum absolute atomic E-state index is 1.15. The molecule has 0 saturated heterocycles. The van der Waals surface area contributed by atoms with Crippen molar-refractivity contribution < 1.29 is 4.57 Å². The van der Waals surface area contributed by atoms with Crippen molar-refractivity contribution in [1.29, 1.82) is 0 Å². The van der Waals surface area contributed by atoms with Gasteiger partial charge >= 0.3 is 0 Å². The van der Waals surface area contributed by atoms with E-state index in [2.05, 4.69) is 39.8 Å². The largest absolute Gasteiger partial charge is 0.434 e. The van der Waals surface area contributed by atoms with Crippen molar-refractivity contribution in [3.63, 3.8) is 0 Å². The molecule has 1 aromatic rings. The number of hydrogen-bond donors (Lipinski definition) is 0. The molecule has 4 heteroatoms. The number of aryl methyl sites for hydroxylation is 2. The summed E-state index contributed by atoms with van der Waals surface area (Å²) in [5.74, 6) is 0. The Labute approximate surface area is 85.4 Å². The smallest absolute Gasteiger partial charge is 0.243 e. The summed E-state index contributed by atoms with van der Waals surface area (Å²) in [4.78, 5) is 3.04. The number of rotatable bonds is 3. The average Bonchev–Trinajstić information content (AvgIpc) is 2.61. The molecule has 0 aliphatic rings. The Balaban J connectivity index is 0.000000364. The Kier molecular flexibility index (Phi) is 7.37. The van der Waals surface area contributed by atoms with Gasteiger partial charge in [0, 0.05) is 0 Å². The molecule has 0 N–H and O–H groups in total. The third-order valence-electron chi connectivity index (χ3n) is 1.69. The van der Waals surface area contributed by atoms with Crippen LogP contribution in [0.25, 0.3) is 5.41 Å². The highest BCUT2D eigenvalue weighted by Gasteiger charge is 1.96. The van der Waals surface area contributed by atoms with Crippen LogP contribution >= 0.6 is 0 Å². The van der Waals surface area contributed by atoms with Crippen molar-refractivity contribution in [2.45, 2.75) is 26.3 Å². The van der Waals surface area contributed by atoms with Gasteiger partial charge in [-0.05, 0) is 6.42 Å². The summed E-state index contributed by atoms with van der Waals surface area (Å²) in [5.41, 5.74) is 0. The number of aliphatic imine (C=N–C) groups is 1. The molecular formula is C10H18N4. The van der Waals surface area contributed by atoms with E-state index in [0.717, 1.165) is 6.54 Å². The van der Waals surface area contributed by atoms with Gasteiger partial charge in [0.25, 0.3) is 0 Å². The summed E-state index contributed by atoms with van der Waals surface area (Å²) in [6.07, 6.45) is 8.82. The number of nitrogens with zero attached hydrogens (tertiary/aromatic N) is 4. The lowest BCUT2D eigenvalue weighted by Crippen LogP contribution is -2.23. The number of hydrogen-bond acceptors (Lipinski definition) is 1. The minimum Gasteiger partial charge on any atom is -0.434 e. The minimum atomic E-state index is 1.15. The predicted molar refractivity (Wildman–Crippen MR) is 57.2 cm³/mol. The van der Waals surface area contributed by atoms with E-state index >= 15 is 0 Å². The quantitative estimate of drug-likeness (QED) is 0.516. The molecule has 78 valence electrons. The highest BCUT2D eigenvalue weighted by atomic mass is 15.1. The molecule has 0 fully saturated rings. The molecule has 0 unspecified atom stereocenters. The van der Waals surface area contributed by atoms with E-state index in [1.165, 1.54) is 19.9 Å². The second-order valence-corrected chi connectivity index (χ2v) is 2.99. The standard InChI is InChI=1S/C8H15N2.C2H3N2/c1-3-4-5-10-7-6-9(2)8-10;1-4-2-3/h6-8H,3-5H2,1-2H3;1H3/q+1;-1. The summed E-state index contributed by atoms with van der Waals surface area (Å²) in [5, 5.41) is 7.46. The van der Waals surface area contributed by atoms with Crippen molar-refractivity contribution in [3.05, 3.63) is 24.1 Å². The maximum absolute atomic E-state index is 7.46. The maximum atomic E-state index is 7.46. The second-order valence-electron chi connectivity index (χ2n) is 2.99. The third kappa shape index (κ3) is 6.14. The van der Waals surface area contributed by atoms with Crippen LogP contribution < -0.4 is 4.57 Å². The first-order valence-corrected chi connectivity index (χ1v) is 4.73. The molecule has 0 bridgehead atoms. The van der Waals surface area contributed by atoms with Crippen LogP contribution in [0.2, 0.25) is 0 Å². The lowest BCUT2D eigenvalue weighted by atomic mass is 10.3. The van der Waals surface area contributed by atoms with Gasteiger partial charge in [-0.2, -0.15) is 6.01 Å². The molecule has 0 aliphatic carbocycles. The maximum Gasteiger partial charge on any atom is 0.243 e. The van der Waals surface area contributed by atoms with Gasteiger partial charge in [-0.3, -0.25) is 0 Å². The third-order valence-corrected chi connectivity index (χ3v) is 1.69. The Morgan fingerprint density at radius 3 is 2.57 bits per heavy atom. The number of aromatic nitrogens is 2. The summed E-state index contributed by atoms with van der Waals surface area (Å²) in [7, 11) is 3.49. The van der Waals surface area contributed by atoms with E-state index in [9.17, 15) is 0 Å². The van der Waals surface area contributed by atoms with Gasteiger partial charge in [0.05, 0.1) is 13.6 Å². The predicted octanol–water partition coefficient (Wildman–Crippen LogP) is 1.47. The van der Waals surface area contributed by atoms with Gasteiger partial charge < -0.3 is 10.4 Å². The summed E-state index contributed by atoms with van der Waals surface area (Å²) in [6, 6.07) is 1.56. The fraction of sp³-hybridized carbons (Fsp3) is 0.600. The molecule has 0 saturated carbocycles. The monoisotopic (exact) mass is 194 g/mol. The van der Waals surface area contributed by atoms with Crippen molar-refractivity contribution in [2.24, 2.45) is 12.0 Å². The molecule has 1 heterocycles. The molecule has 1 rings (SSSR count). The van der Waals surface area contributed by atoms with E-state index in [4.69, 9.17) is 5.41 Å². The Hall–Kier alpha value is -1.41. The van der Waals surface area contributed by atoms with E-state index in [1.807, 2.05) is 7.05 Å². The van der Waals surface area contributed by atoms with Crippen molar-refractivity contribution >= 4 is 6.01 Å². The summed E-state index contributed by atoms with van der Waals surface area (Å²) in [6.45, 7) is 3.36. The van der Waals surface area contributed by atoms with Crippen molar-refractivity contribution in [1.82, 2.24) is 4.57 Å². The highest BCUT2D eigenvalue weighted by molar-refractivity contribution is 5.44. The van der Waals surface area contributed by atoms with E-state index in [-0.39, 0.29) is 0 Å². The second kappa shape index (κ2) is 8.20. The molecule has 0 spiro atoms. The molecular weight excluding hydrogens is 176 g/mol. The zero-order valence-electron chi connectivity index (χ0n) is 9.14. The molecule has 0 atom stereocenters. The SMILES string of the molecule is CCCCn1cc[n+](C)c1.CN=C=[N-]. The van der Waals surface area contributed by atoms with E-state index in [1.54, 1.807) is 6.01 Å². The lowest BCUT2D eigenvalue weighted by Gasteiger charge is -1.90. The highest BCUT2D eigenvalue weighted by Crippen LogP contribution is 1.91. The molecule has 0 aliphatic heterocycles. The van der Waals surface area contributed by atoms with Crippen LogP contribution in [-0.2, 0) is 13.6 Å². The number of imidazole rings is 1. The van der Waals surface area contributed by atoms with Crippen LogP contribution in [0.3, 0.4) is 0 Å². The van der Waals surface area contributed by atoms with Crippen LogP contribution in [0.4, 0.5) is 0 Å². The fourth-order valence-electron chi connectivity index (χ4n) is 0.975. The van der Waals surface area contributed by atoms with Crippen LogP contribution in [0, 0.1) is 0 Å². The first-order valence-electron chi connectivity index (χ1n) is 4.73. The first-order chi connectivity index (χ1) is 6.74. The normalized spacial score (nSPS) is 8.50.